The summed E-state index contributed by atoms with van der Waals surface area (Å²) >= 11 is 1.38. The van der Waals surface area contributed by atoms with E-state index in [1.807, 2.05) is 67.6 Å². The number of hydrogen-bond acceptors (Lipinski definition) is 10. The standard InChI is InChI=1S/C33H32N5O6PS/c1-22-12-15-25(16-13-22)43-38(23(2)33(40)42-4)44-45(41)37-30-21-26(46-31-11-6-5-10-28(31)32(39)34-3)17-18-27(30)29(36-37)19-14-24-9-7-8-20-35-24/h5-21,23,45H,1-4H3,(H,34,39)/b19-14+/t23-/m0/s1. The Labute approximate surface area is 271 Å². The molecule has 236 valence electrons. The van der Waals surface area contributed by atoms with Crippen molar-refractivity contribution in [1.29, 1.82) is 0 Å². The molecule has 1 N–H and O–H groups in total. The summed E-state index contributed by atoms with van der Waals surface area (Å²) in [6.07, 6.45) is 5.27. The number of hydroxylamine groups is 2. The van der Waals surface area contributed by atoms with Crippen LogP contribution in [0.4, 0.5) is 0 Å². The van der Waals surface area contributed by atoms with Gasteiger partial charge in [-0.15, -0.1) is 0 Å². The van der Waals surface area contributed by atoms with Crippen molar-refractivity contribution in [1.82, 2.24) is 25.1 Å². The molecule has 0 radical (unpaired) electrons. The summed E-state index contributed by atoms with van der Waals surface area (Å²) in [5.74, 6) is -0.489. The average molecular weight is 658 g/mol. The molecule has 0 saturated heterocycles. The largest absolute Gasteiger partial charge is 0.468 e. The van der Waals surface area contributed by atoms with Gasteiger partial charge >= 0.3 is 14.1 Å². The van der Waals surface area contributed by atoms with Crippen molar-refractivity contribution in [3.8, 4) is 5.75 Å². The molecule has 0 aliphatic carbocycles. The smallest absolute Gasteiger partial charge is 0.328 e. The third-order valence-corrected chi connectivity index (χ3v) is 8.87. The molecule has 0 spiro atoms. The van der Waals surface area contributed by atoms with Gasteiger partial charge in [0.2, 0.25) is 0 Å². The second-order valence-electron chi connectivity index (χ2n) is 9.99. The number of esters is 1. The molecule has 0 aliphatic rings. The first-order valence-electron chi connectivity index (χ1n) is 14.2. The van der Waals surface area contributed by atoms with Crippen molar-refractivity contribution >= 4 is 54.9 Å². The van der Waals surface area contributed by atoms with Gasteiger partial charge in [-0.3, -0.25) is 19.1 Å². The number of hydrogen-bond donors (Lipinski definition) is 1. The van der Waals surface area contributed by atoms with Crippen LogP contribution in [0.15, 0.2) is 101 Å². The lowest BCUT2D eigenvalue weighted by atomic mass is 10.2. The lowest BCUT2D eigenvalue weighted by Crippen LogP contribution is -2.41. The van der Waals surface area contributed by atoms with E-state index in [4.69, 9.17) is 14.2 Å². The van der Waals surface area contributed by atoms with Gasteiger partial charge in [0.15, 0.2) is 11.8 Å². The van der Waals surface area contributed by atoms with Crippen LogP contribution in [-0.4, -0.2) is 51.8 Å². The zero-order valence-corrected chi connectivity index (χ0v) is 27.4. The third-order valence-electron chi connectivity index (χ3n) is 6.78. The predicted octanol–water partition coefficient (Wildman–Crippen LogP) is 6.45. The normalized spacial score (nSPS) is 12.7. The fourth-order valence-electron chi connectivity index (χ4n) is 4.34. The van der Waals surface area contributed by atoms with Gasteiger partial charge in [0, 0.05) is 33.6 Å². The Balaban J connectivity index is 1.54. The Hall–Kier alpha value is -4.74. The number of pyridine rings is 1. The zero-order valence-electron chi connectivity index (χ0n) is 25.5. The quantitative estimate of drug-likeness (QED) is 0.0910. The average Bonchev–Trinajstić information content (AvgIpc) is 3.45. The summed E-state index contributed by atoms with van der Waals surface area (Å²) in [7, 11) is -0.426. The topological polar surface area (TPSA) is 125 Å². The van der Waals surface area contributed by atoms with E-state index < -0.39 is 20.2 Å². The second-order valence-corrected chi connectivity index (χ2v) is 12.2. The summed E-state index contributed by atoms with van der Waals surface area (Å²) < 4.78 is 26.0. The number of carbonyl (C=O) groups excluding carboxylic acids is 2. The van der Waals surface area contributed by atoms with Gasteiger partial charge in [0.05, 0.1) is 29.6 Å². The molecular weight excluding hydrogens is 625 g/mol. The molecule has 0 aliphatic heterocycles. The molecule has 2 atom stereocenters. The lowest BCUT2D eigenvalue weighted by molar-refractivity contribution is -0.276. The number of nitrogens with zero attached hydrogens (tertiary/aromatic N) is 4. The van der Waals surface area contributed by atoms with Gasteiger partial charge in [0.25, 0.3) is 5.91 Å². The summed E-state index contributed by atoms with van der Waals surface area (Å²) in [6.45, 7) is 3.44. The van der Waals surface area contributed by atoms with E-state index in [9.17, 15) is 14.2 Å². The van der Waals surface area contributed by atoms with Crippen molar-refractivity contribution in [3.05, 3.63) is 114 Å². The minimum atomic E-state index is -3.25. The number of amides is 1. The van der Waals surface area contributed by atoms with Gasteiger partial charge in [-0.1, -0.05) is 47.7 Å². The number of nitrogens with one attached hydrogen (secondary N) is 1. The highest BCUT2D eigenvalue weighted by Gasteiger charge is 2.29. The van der Waals surface area contributed by atoms with Gasteiger partial charge in [0.1, 0.15) is 0 Å². The second kappa shape index (κ2) is 15.0. The highest BCUT2D eigenvalue weighted by atomic mass is 32.2. The molecule has 0 fully saturated rings. The molecule has 46 heavy (non-hydrogen) atoms. The first-order valence-corrected chi connectivity index (χ1v) is 16.3. The molecule has 5 aromatic rings. The lowest BCUT2D eigenvalue weighted by Gasteiger charge is -2.25. The maximum absolute atomic E-state index is 14.0. The third kappa shape index (κ3) is 7.72. The molecule has 0 saturated carbocycles. The van der Waals surface area contributed by atoms with Crippen molar-refractivity contribution in [2.75, 3.05) is 14.2 Å². The minimum Gasteiger partial charge on any atom is -0.468 e. The Morgan fingerprint density at radius 2 is 1.78 bits per heavy atom. The van der Waals surface area contributed by atoms with Crippen LogP contribution in [0.25, 0.3) is 23.1 Å². The molecule has 3 aromatic carbocycles. The highest BCUT2D eigenvalue weighted by Crippen LogP contribution is 2.38. The molecule has 2 aromatic heterocycles. The molecule has 1 amide bonds. The Bertz CT molecular complexity index is 1900. The van der Waals surface area contributed by atoms with Crippen molar-refractivity contribution in [3.63, 3.8) is 0 Å². The summed E-state index contributed by atoms with van der Waals surface area (Å²) in [5.41, 5.74) is 3.29. The predicted molar refractivity (Wildman–Crippen MR) is 177 cm³/mol. The molecule has 13 heteroatoms. The highest BCUT2D eigenvalue weighted by molar-refractivity contribution is 7.99. The molecule has 2 heterocycles. The molecule has 0 bridgehead atoms. The number of aromatic nitrogens is 3. The number of aryl methyl sites for hydroxylation is 1. The number of rotatable bonds is 12. The Kier molecular flexibility index (Phi) is 10.7. The van der Waals surface area contributed by atoms with Gasteiger partial charge in [-0.05, 0) is 80.6 Å². The molecule has 1 unspecified atom stereocenters. The van der Waals surface area contributed by atoms with Gasteiger partial charge in [-0.2, -0.15) is 14.2 Å². The van der Waals surface area contributed by atoms with Crippen LogP contribution >= 0.6 is 19.9 Å². The first kappa shape index (κ1) is 32.6. The Morgan fingerprint density at radius 3 is 2.50 bits per heavy atom. The molecule has 5 rings (SSSR count). The van der Waals surface area contributed by atoms with Crippen molar-refractivity contribution < 1.29 is 28.4 Å². The van der Waals surface area contributed by atoms with E-state index in [-0.39, 0.29) is 5.91 Å². The van der Waals surface area contributed by atoms with Crippen molar-refractivity contribution in [2.24, 2.45) is 0 Å². The number of benzene rings is 3. The first-order chi connectivity index (χ1) is 22.3. The van der Waals surface area contributed by atoms with E-state index >= 15 is 0 Å². The van der Waals surface area contributed by atoms with E-state index in [2.05, 4.69) is 15.4 Å². The number of methoxy groups -OCH3 is 1. The Morgan fingerprint density at radius 1 is 1.02 bits per heavy atom. The number of ether oxygens (including phenoxy) is 1. The van der Waals surface area contributed by atoms with Crippen LogP contribution in [-0.2, 0) is 18.7 Å². The summed E-state index contributed by atoms with van der Waals surface area (Å²) in [6, 6.07) is 24.4. The van der Waals surface area contributed by atoms with Gasteiger partial charge in [-0.25, -0.2) is 0 Å². The van der Waals surface area contributed by atoms with E-state index in [1.54, 1.807) is 49.7 Å². The van der Waals surface area contributed by atoms with Crippen molar-refractivity contribution in [2.45, 2.75) is 29.7 Å². The number of carbonyl (C=O) groups is 2. The number of fused-ring (bicyclic) bond motifs is 1. The van der Waals surface area contributed by atoms with Crippen LogP contribution < -0.4 is 10.2 Å². The summed E-state index contributed by atoms with van der Waals surface area (Å²) in [4.78, 5) is 36.7. The fourth-order valence-corrected chi connectivity index (χ4v) is 6.32. The van der Waals surface area contributed by atoms with Crippen LogP contribution in [0.2, 0.25) is 0 Å². The molecule has 11 nitrogen and oxygen atoms in total. The van der Waals surface area contributed by atoms with Crippen LogP contribution in [0, 0.1) is 6.92 Å². The molecular formula is C33H32N5O6PS. The maximum atomic E-state index is 14.0. The fraction of sp³-hybridized carbons (Fsp3) is 0.152. The van der Waals surface area contributed by atoms with E-state index in [0.29, 0.717) is 27.9 Å². The van der Waals surface area contributed by atoms with E-state index in [1.165, 1.54) is 30.2 Å². The summed E-state index contributed by atoms with van der Waals surface area (Å²) in [5, 5.41) is 8.88. The van der Waals surface area contributed by atoms with E-state index in [0.717, 1.165) is 26.3 Å². The van der Waals surface area contributed by atoms with Crippen LogP contribution in [0.1, 0.15) is 34.2 Å². The zero-order chi connectivity index (χ0) is 32.6. The minimum absolute atomic E-state index is 0.206. The van der Waals surface area contributed by atoms with Crippen LogP contribution in [0.5, 0.6) is 5.75 Å². The SMILES string of the molecule is CNC(=O)c1ccccc1Sc1ccc2c(/C=C/c3ccccn3)nn([PH](=O)ON(Oc3ccc(C)cc3)[C@@H](C)C(=O)OC)c2c1. The monoisotopic (exact) mass is 657 g/mol. The van der Waals surface area contributed by atoms with Gasteiger partial charge < -0.3 is 14.9 Å². The maximum Gasteiger partial charge on any atom is 0.328 e. The van der Waals surface area contributed by atoms with Crippen LogP contribution in [0.3, 0.4) is 0 Å².